The van der Waals surface area contributed by atoms with Crippen LogP contribution in [0.3, 0.4) is 0 Å². The Morgan fingerprint density at radius 2 is 1.42 bits per heavy atom. The number of anilines is 1. The molecule has 0 unspecified atom stereocenters. The second kappa shape index (κ2) is 11.5. The van der Waals surface area contributed by atoms with E-state index in [1.165, 1.54) is 0 Å². The van der Waals surface area contributed by atoms with E-state index in [9.17, 15) is 14.7 Å². The van der Waals surface area contributed by atoms with Crippen LogP contribution in [0.15, 0.2) is 24.3 Å². The van der Waals surface area contributed by atoms with Gasteiger partial charge in [-0.05, 0) is 48.9 Å². The van der Waals surface area contributed by atoms with Crippen LogP contribution >= 0.6 is 0 Å². The van der Waals surface area contributed by atoms with Crippen molar-refractivity contribution in [2.24, 2.45) is 0 Å². The maximum absolute atomic E-state index is 13.4. The van der Waals surface area contributed by atoms with Gasteiger partial charge in [0.25, 0.3) is 0 Å². The summed E-state index contributed by atoms with van der Waals surface area (Å²) in [5.74, 6) is -0.374. The van der Waals surface area contributed by atoms with Gasteiger partial charge in [0.2, 0.25) is 0 Å². The van der Waals surface area contributed by atoms with Crippen LogP contribution in [0.4, 0.5) is 5.69 Å². The molecular formula is C26H35NO4. The molecule has 0 aromatic heterocycles. The molecule has 0 radical (unpaired) electrons. The van der Waals surface area contributed by atoms with Crippen molar-refractivity contribution in [1.82, 2.24) is 0 Å². The minimum atomic E-state index is -0.379. The number of hydrogen-bond acceptors (Lipinski definition) is 5. The molecule has 0 fully saturated rings. The molecule has 0 aliphatic heterocycles. The first-order valence-electron chi connectivity index (χ1n) is 11.4. The average molecular weight is 426 g/mol. The Kier molecular flexibility index (Phi) is 9.10. The quantitative estimate of drug-likeness (QED) is 0.211. The van der Waals surface area contributed by atoms with Crippen molar-refractivity contribution >= 4 is 17.4 Å². The van der Waals surface area contributed by atoms with Crippen LogP contribution in [0.25, 0.3) is 0 Å². The van der Waals surface area contributed by atoms with Crippen LogP contribution in [-0.2, 0) is 24.0 Å². The minimum Gasteiger partial charge on any atom is -0.507 e. The Bertz CT molecular complexity index is 916. The third-order valence-electron chi connectivity index (χ3n) is 5.73. The molecule has 0 aliphatic carbocycles. The lowest BCUT2D eigenvalue weighted by Gasteiger charge is -2.20. The van der Waals surface area contributed by atoms with Gasteiger partial charge in [-0.3, -0.25) is 4.79 Å². The molecule has 0 bridgehead atoms. The number of ether oxygens (including phenoxy) is 1. The van der Waals surface area contributed by atoms with Crippen molar-refractivity contribution in [3.63, 3.8) is 0 Å². The van der Waals surface area contributed by atoms with Gasteiger partial charge in [0.05, 0.1) is 12.2 Å². The highest BCUT2D eigenvalue weighted by molar-refractivity contribution is 6.14. The first-order valence-corrected chi connectivity index (χ1v) is 11.4. The Balaban J connectivity index is 2.29. The minimum absolute atomic E-state index is 0.196. The number of aromatic hydroxyl groups is 1. The number of carbonyl (C=O) groups is 2. The zero-order valence-electron chi connectivity index (χ0n) is 19.2. The van der Waals surface area contributed by atoms with Crippen molar-refractivity contribution in [2.45, 2.75) is 72.6 Å². The van der Waals surface area contributed by atoms with E-state index in [0.29, 0.717) is 53.8 Å². The second-order valence-electron chi connectivity index (χ2n) is 7.74. The summed E-state index contributed by atoms with van der Waals surface area (Å²) in [6.07, 6.45) is 5.92. The molecule has 5 nitrogen and oxygen atoms in total. The molecule has 0 spiro atoms. The lowest BCUT2D eigenvalue weighted by molar-refractivity contribution is 0.0497. The summed E-state index contributed by atoms with van der Waals surface area (Å²) in [6.45, 7) is 8.36. The second-order valence-corrected chi connectivity index (χ2v) is 7.74. The standard InChI is InChI=1S/C26H35NO4/c1-5-9-10-11-16-31-26(30)18-14-12-17(13-15-18)24(28)22-19(6-2)20(7-3)25(29)21(8-4)23(22)27/h12-15,29H,5-11,16,27H2,1-4H3. The number of phenolic OH excluding ortho intramolecular Hbond substituents is 1. The fraction of sp³-hybridized carbons (Fsp3) is 0.462. The number of benzene rings is 2. The first kappa shape index (κ1) is 24.4. The predicted molar refractivity (Wildman–Crippen MR) is 125 cm³/mol. The number of hydrogen-bond donors (Lipinski definition) is 2. The van der Waals surface area contributed by atoms with E-state index in [4.69, 9.17) is 10.5 Å². The van der Waals surface area contributed by atoms with Crippen molar-refractivity contribution in [2.75, 3.05) is 12.3 Å². The molecule has 3 N–H and O–H groups in total. The lowest BCUT2D eigenvalue weighted by atomic mass is 9.86. The van der Waals surface area contributed by atoms with Gasteiger partial charge in [-0.15, -0.1) is 0 Å². The number of unbranched alkanes of at least 4 members (excludes halogenated alkanes) is 3. The van der Waals surface area contributed by atoms with E-state index in [2.05, 4.69) is 6.92 Å². The van der Waals surface area contributed by atoms with Crippen LogP contribution in [0.5, 0.6) is 5.75 Å². The molecule has 0 amide bonds. The molecule has 2 rings (SSSR count). The van der Waals surface area contributed by atoms with E-state index < -0.39 is 0 Å². The largest absolute Gasteiger partial charge is 0.507 e. The molecule has 2 aromatic rings. The fourth-order valence-electron chi connectivity index (χ4n) is 3.98. The number of carbonyl (C=O) groups excluding carboxylic acids is 2. The highest BCUT2D eigenvalue weighted by atomic mass is 16.5. The fourth-order valence-corrected chi connectivity index (χ4v) is 3.98. The molecular weight excluding hydrogens is 390 g/mol. The number of rotatable bonds is 11. The highest BCUT2D eigenvalue weighted by Crippen LogP contribution is 2.37. The SMILES string of the molecule is CCCCCCOC(=O)c1ccc(C(=O)c2c(N)c(CC)c(O)c(CC)c2CC)cc1. The van der Waals surface area contributed by atoms with Crippen LogP contribution < -0.4 is 5.73 Å². The monoisotopic (exact) mass is 425 g/mol. The smallest absolute Gasteiger partial charge is 0.338 e. The van der Waals surface area contributed by atoms with Gasteiger partial charge in [0.1, 0.15) is 5.75 Å². The summed E-state index contributed by atoms with van der Waals surface area (Å²) in [7, 11) is 0. The van der Waals surface area contributed by atoms with Gasteiger partial charge in [-0.2, -0.15) is 0 Å². The van der Waals surface area contributed by atoms with E-state index in [1.54, 1.807) is 24.3 Å². The normalized spacial score (nSPS) is 10.8. The molecule has 168 valence electrons. The highest BCUT2D eigenvalue weighted by Gasteiger charge is 2.25. The molecule has 5 heteroatoms. The summed E-state index contributed by atoms with van der Waals surface area (Å²) >= 11 is 0. The van der Waals surface area contributed by atoms with Crippen molar-refractivity contribution < 1.29 is 19.4 Å². The summed E-state index contributed by atoms with van der Waals surface area (Å²) in [5, 5.41) is 10.6. The van der Waals surface area contributed by atoms with Crippen LogP contribution in [0.1, 0.15) is 96.3 Å². The summed E-state index contributed by atoms with van der Waals surface area (Å²) < 4.78 is 5.32. The number of nitrogen functional groups attached to an aromatic ring is 1. The number of nitrogens with two attached hydrogens (primary N) is 1. The lowest BCUT2D eigenvalue weighted by Crippen LogP contribution is -2.14. The summed E-state index contributed by atoms with van der Waals surface area (Å²) in [6, 6.07) is 6.51. The Hall–Kier alpha value is -2.82. The van der Waals surface area contributed by atoms with E-state index in [-0.39, 0.29) is 17.5 Å². The molecule has 0 atom stereocenters. The van der Waals surface area contributed by atoms with Crippen LogP contribution in [-0.4, -0.2) is 23.5 Å². The maximum Gasteiger partial charge on any atom is 0.338 e. The number of esters is 1. The maximum atomic E-state index is 13.4. The van der Waals surface area contributed by atoms with E-state index in [1.807, 2.05) is 20.8 Å². The van der Waals surface area contributed by atoms with Crippen molar-refractivity contribution in [3.05, 3.63) is 57.6 Å². The Labute approximate surface area is 185 Å². The Morgan fingerprint density at radius 3 is 1.97 bits per heavy atom. The van der Waals surface area contributed by atoms with Crippen molar-refractivity contribution in [1.29, 1.82) is 0 Å². The first-order chi connectivity index (χ1) is 14.9. The van der Waals surface area contributed by atoms with Gasteiger partial charge >= 0.3 is 5.97 Å². The van der Waals surface area contributed by atoms with Gasteiger partial charge < -0.3 is 15.6 Å². The van der Waals surface area contributed by atoms with Crippen molar-refractivity contribution in [3.8, 4) is 5.75 Å². The average Bonchev–Trinajstić information content (AvgIpc) is 2.78. The zero-order valence-corrected chi connectivity index (χ0v) is 19.2. The molecule has 31 heavy (non-hydrogen) atoms. The number of ketones is 1. The van der Waals surface area contributed by atoms with E-state index in [0.717, 1.165) is 36.8 Å². The van der Waals surface area contributed by atoms with Crippen LogP contribution in [0.2, 0.25) is 0 Å². The third kappa shape index (κ3) is 5.46. The van der Waals surface area contributed by atoms with Gasteiger partial charge in [0.15, 0.2) is 5.78 Å². The summed E-state index contributed by atoms with van der Waals surface area (Å²) in [5.41, 5.74) is 10.2. The topological polar surface area (TPSA) is 89.6 Å². The van der Waals surface area contributed by atoms with Gasteiger partial charge in [0, 0.05) is 22.4 Å². The predicted octanol–water partition coefficient (Wildman–Crippen LogP) is 5.63. The Morgan fingerprint density at radius 1 is 0.839 bits per heavy atom. The van der Waals surface area contributed by atoms with Gasteiger partial charge in [-0.25, -0.2) is 4.79 Å². The summed E-state index contributed by atoms with van der Waals surface area (Å²) in [4.78, 5) is 25.6. The van der Waals surface area contributed by atoms with Gasteiger partial charge in [-0.1, -0.05) is 59.1 Å². The van der Waals surface area contributed by atoms with E-state index >= 15 is 0 Å². The molecule has 0 saturated carbocycles. The molecule has 0 aliphatic rings. The molecule has 0 saturated heterocycles. The number of phenols is 1. The molecule has 2 aromatic carbocycles. The molecule has 0 heterocycles. The van der Waals surface area contributed by atoms with Crippen LogP contribution in [0, 0.1) is 0 Å². The third-order valence-corrected chi connectivity index (χ3v) is 5.73. The zero-order chi connectivity index (χ0) is 23.0.